The predicted octanol–water partition coefficient (Wildman–Crippen LogP) is 11.4. The molecule has 6 aliphatic rings. The van der Waals surface area contributed by atoms with Crippen LogP contribution in [0.15, 0.2) is 0 Å². The van der Waals surface area contributed by atoms with Crippen molar-refractivity contribution >= 4 is 67.4 Å². The molecule has 3 unspecified atom stereocenters. The number of ether oxygens (including phenoxy) is 6. The summed E-state index contributed by atoms with van der Waals surface area (Å²) in [5.41, 5.74) is 0. The fourth-order valence-corrected chi connectivity index (χ4v) is 12.0. The molecule has 0 radical (unpaired) electrons. The summed E-state index contributed by atoms with van der Waals surface area (Å²) in [6.45, 7) is 25.2. The largest absolute Gasteiger partial charge is 0.462 e. The molecule has 4 aliphatic heterocycles. The molecule has 4 heterocycles. The van der Waals surface area contributed by atoms with Gasteiger partial charge in [-0.1, -0.05) is 56.4 Å². The molecule has 11 atom stereocenters. The summed E-state index contributed by atoms with van der Waals surface area (Å²) in [5.74, 6) is -1.06. The highest BCUT2D eigenvalue weighted by Crippen LogP contribution is 2.56. The Bertz CT molecular complexity index is 1360. The van der Waals surface area contributed by atoms with E-state index in [1.807, 2.05) is 0 Å². The van der Waals surface area contributed by atoms with Crippen molar-refractivity contribution in [1.29, 1.82) is 0 Å². The highest BCUT2D eigenvalue weighted by molar-refractivity contribution is 15.0. The molecule has 13 nitrogen and oxygen atoms in total. The van der Waals surface area contributed by atoms with E-state index in [1.165, 1.54) is 14.2 Å². The molecule has 0 bridgehead atoms. The summed E-state index contributed by atoms with van der Waals surface area (Å²) in [5, 5.41) is 11.4. The average Bonchev–Trinajstić information content (AvgIpc) is 3.87. The van der Waals surface area contributed by atoms with Gasteiger partial charge in [-0.25, -0.2) is 0 Å². The highest BCUT2D eigenvalue weighted by atomic mass is 128. The molecule has 6 fully saturated rings. The maximum atomic E-state index is 12.7. The van der Waals surface area contributed by atoms with E-state index < -0.39 is 30.0 Å². The Hall–Kier alpha value is 1.19. The maximum absolute atomic E-state index is 12.7. The molecule has 4 saturated heterocycles. The van der Waals surface area contributed by atoms with Gasteiger partial charge in [0.2, 0.25) is 0 Å². The first kappa shape index (κ1) is 58.3. The molecular weight excluding hydrogens is 1070 g/mol. The fourth-order valence-electron chi connectivity index (χ4n) is 8.66. The summed E-state index contributed by atoms with van der Waals surface area (Å²) in [7, 11) is -4.55. The van der Waals surface area contributed by atoms with Crippen molar-refractivity contribution in [2.75, 3.05) is 46.8 Å². The number of hydrogen-bond acceptors (Lipinski definition) is 13. The molecular formula is C43H85I2O13PSi2. The number of carbonyl (C=O) groups is 1. The third-order valence-electron chi connectivity index (χ3n) is 14.4. The van der Waals surface area contributed by atoms with Gasteiger partial charge in [-0.15, -0.1) is 0 Å². The van der Waals surface area contributed by atoms with Gasteiger partial charge < -0.3 is 51.4 Å². The van der Waals surface area contributed by atoms with E-state index in [0.29, 0.717) is 32.5 Å². The van der Waals surface area contributed by atoms with E-state index in [9.17, 15) is 14.5 Å². The minimum atomic E-state index is -3.41. The van der Waals surface area contributed by atoms with Gasteiger partial charge in [-0.2, -0.15) is 0 Å². The zero-order chi connectivity index (χ0) is 44.0. The van der Waals surface area contributed by atoms with Crippen molar-refractivity contribution in [2.45, 2.75) is 200 Å². The summed E-state index contributed by atoms with van der Waals surface area (Å²) >= 11 is 4.24. The minimum Gasteiger partial charge on any atom is -0.462 e. The number of carbonyl (C=O) groups excluding carboxylic acids is 1. The Balaban J connectivity index is 0.000000401. The molecule has 2 saturated carbocycles. The smallest absolute Gasteiger partial charge is 0.335 e. The van der Waals surface area contributed by atoms with Crippen LogP contribution in [0.1, 0.15) is 121 Å². The van der Waals surface area contributed by atoms with Crippen molar-refractivity contribution in [3.63, 3.8) is 0 Å². The number of halogens is 2. The Kier molecular flexibility index (Phi) is 23.4. The Morgan fingerprint density at radius 2 is 1.20 bits per heavy atom. The minimum absolute atomic E-state index is 0. The first-order valence-corrected chi connectivity index (χ1v) is 35.6. The second kappa shape index (κ2) is 24.5. The van der Waals surface area contributed by atoms with Gasteiger partial charge >= 0.3 is 13.6 Å². The van der Waals surface area contributed by atoms with E-state index in [0.717, 1.165) is 58.2 Å². The van der Waals surface area contributed by atoms with E-state index >= 15 is 0 Å². The van der Waals surface area contributed by atoms with Gasteiger partial charge in [-0.05, 0) is 80.7 Å². The van der Waals surface area contributed by atoms with Crippen LogP contribution in [-0.4, -0.2) is 117 Å². The third-order valence-corrected chi connectivity index (χ3v) is 25.4. The van der Waals surface area contributed by atoms with Crippen molar-refractivity contribution in [3.05, 3.63) is 0 Å². The van der Waals surface area contributed by atoms with Crippen LogP contribution < -0.4 is 0 Å². The summed E-state index contributed by atoms with van der Waals surface area (Å²) in [4.78, 5) is 11.7. The molecule has 0 spiro atoms. The van der Waals surface area contributed by atoms with Crippen LogP contribution in [-0.2, 0) is 55.7 Å². The van der Waals surface area contributed by atoms with Gasteiger partial charge in [0.25, 0.3) is 0 Å². The van der Waals surface area contributed by atoms with Crippen LogP contribution in [0.3, 0.4) is 0 Å². The van der Waals surface area contributed by atoms with Gasteiger partial charge in [-0.3, -0.25) is 9.36 Å². The molecule has 362 valence electrons. The summed E-state index contributed by atoms with van der Waals surface area (Å²) in [6, 6.07) is 0. The highest BCUT2D eigenvalue weighted by Gasteiger charge is 2.58. The lowest BCUT2D eigenvalue weighted by atomic mass is 9.90. The predicted molar refractivity (Wildman–Crippen MR) is 263 cm³/mol. The molecule has 0 aromatic rings. The van der Waals surface area contributed by atoms with Crippen molar-refractivity contribution in [2.24, 2.45) is 23.7 Å². The van der Waals surface area contributed by atoms with Gasteiger partial charge in [0.1, 0.15) is 12.3 Å². The molecule has 0 aromatic carbocycles. The van der Waals surface area contributed by atoms with Crippen molar-refractivity contribution < 1.29 is 60.8 Å². The standard InChI is InChI=1S/C22H43O8PSi.C19H34O5Si.2CH4.I2/c1-21(2,3)32(6,7)28-14-17-16-13-22(23,15-31(24,25-4)26-5)30-19(16)12-18(17)29-20-10-8-9-11-27-20;1-19(2,3)25(4,5)22-12-14-13-10-17(20)23-15(13)11-16(14)24-18-8-6-7-9-21-18;;;1-2/h16-20,23H,8-15H2,1-7H3;13-16,18H,6-12H2,1-5H3;2*1H4;/t16-,17-,18-,19+,20?,22?;13-,14-,15+,16-,18?;;;/m11.../s1. The SMILES string of the molecule is C.C.CC(C)(C)[Si](C)(C)OC[C@@H]1[C@H]2CC(=O)O[C@H]2C[C@H]1OC1CCCCO1.COP(=O)(CC1(O)C[C@@H]2[C@@H](CO[Si](C)(C)C(C)(C)C)[C@H](OC3CCCCO3)C[C@@H]2O1)OC.II. The lowest BCUT2D eigenvalue weighted by molar-refractivity contribution is -0.210. The lowest BCUT2D eigenvalue weighted by Gasteiger charge is -2.38. The Morgan fingerprint density at radius 1 is 0.754 bits per heavy atom. The molecule has 61 heavy (non-hydrogen) atoms. The molecule has 0 amide bonds. The summed E-state index contributed by atoms with van der Waals surface area (Å²) in [6.07, 6.45) is 7.93. The fraction of sp³-hybridized carbons (Fsp3) is 0.977. The average molecular weight is 1150 g/mol. The normalized spacial score (nSPS) is 34.1. The van der Waals surface area contributed by atoms with Crippen LogP contribution in [0.5, 0.6) is 0 Å². The second-order valence-corrected chi connectivity index (χ2v) is 32.3. The van der Waals surface area contributed by atoms with Crippen LogP contribution in [0.25, 0.3) is 0 Å². The zero-order valence-corrected chi connectivity index (χ0v) is 45.1. The van der Waals surface area contributed by atoms with Crippen LogP contribution in [0.4, 0.5) is 0 Å². The van der Waals surface area contributed by atoms with Crippen molar-refractivity contribution in [3.8, 4) is 0 Å². The second-order valence-electron chi connectivity index (χ2n) is 20.4. The summed E-state index contributed by atoms with van der Waals surface area (Å²) < 4.78 is 71.8. The topological polar surface area (TPSA) is 147 Å². The van der Waals surface area contributed by atoms with Crippen molar-refractivity contribution in [1.82, 2.24) is 0 Å². The first-order chi connectivity index (χ1) is 27.5. The number of rotatable bonds is 14. The monoisotopic (exact) mass is 1150 g/mol. The van der Waals surface area contributed by atoms with Crippen LogP contribution in [0, 0.1) is 23.7 Å². The first-order valence-electron chi connectivity index (χ1n) is 21.8. The molecule has 18 heteroatoms. The zero-order valence-electron chi connectivity index (χ0n) is 37.9. The Morgan fingerprint density at radius 3 is 1.61 bits per heavy atom. The van der Waals surface area contributed by atoms with Gasteiger partial charge in [0, 0.05) is 115 Å². The van der Waals surface area contributed by atoms with E-state index in [2.05, 4.69) is 105 Å². The van der Waals surface area contributed by atoms with Crippen LogP contribution >= 0.6 is 44.8 Å². The van der Waals surface area contributed by atoms with E-state index in [1.54, 1.807) is 0 Å². The molecule has 2 aliphatic carbocycles. The number of hydrogen-bond donors (Lipinski definition) is 1. The number of aliphatic hydroxyl groups is 1. The van der Waals surface area contributed by atoms with E-state index in [4.69, 9.17) is 46.3 Å². The van der Waals surface area contributed by atoms with E-state index in [-0.39, 0.29) is 97.7 Å². The number of esters is 1. The Labute approximate surface area is 395 Å². The van der Waals surface area contributed by atoms with Gasteiger partial charge in [0.05, 0.1) is 24.7 Å². The van der Waals surface area contributed by atoms with Crippen LogP contribution in [0.2, 0.25) is 36.3 Å². The lowest BCUT2D eigenvalue weighted by Crippen LogP contribution is -2.44. The molecule has 1 N–H and O–H groups in total. The van der Waals surface area contributed by atoms with Gasteiger partial charge in [0.15, 0.2) is 35.0 Å². The maximum Gasteiger partial charge on any atom is 0.335 e. The quantitative estimate of drug-likeness (QED) is 0.0762. The third kappa shape index (κ3) is 15.6. The molecule has 6 rings (SSSR count). The number of fused-ring (bicyclic) bond motifs is 2. The molecule has 0 aromatic heterocycles.